The molecule has 1 aliphatic carbocycles. The van der Waals surface area contributed by atoms with Crippen molar-refractivity contribution < 1.29 is 4.74 Å². The van der Waals surface area contributed by atoms with Gasteiger partial charge in [-0.3, -0.25) is 0 Å². The summed E-state index contributed by atoms with van der Waals surface area (Å²) >= 11 is 0. The van der Waals surface area contributed by atoms with Gasteiger partial charge in [0.15, 0.2) is 0 Å². The summed E-state index contributed by atoms with van der Waals surface area (Å²) < 4.78 is 5.99. The van der Waals surface area contributed by atoms with E-state index in [0.717, 1.165) is 11.8 Å². The molecule has 2 aliphatic heterocycles. The fraction of sp³-hybridized carbons (Fsp3) is 1.00. The van der Waals surface area contributed by atoms with Crippen LogP contribution < -0.4 is 5.32 Å². The van der Waals surface area contributed by atoms with Gasteiger partial charge in [-0.1, -0.05) is 6.42 Å². The average Bonchev–Trinajstić information content (AvgIpc) is 2.77. The third-order valence-electron chi connectivity index (χ3n) is 4.46. The molecule has 0 aromatic rings. The normalized spacial score (nSPS) is 52.5. The molecule has 3 fully saturated rings. The van der Waals surface area contributed by atoms with Crippen LogP contribution in [0.1, 0.15) is 39.0 Å². The highest BCUT2D eigenvalue weighted by Crippen LogP contribution is 2.41. The molecule has 2 heterocycles. The minimum atomic E-state index is 0.502. The SMILES string of the molecule is CC1CCC(C2NCC3CCCC32)O1. The zero-order chi connectivity index (χ0) is 9.54. The van der Waals surface area contributed by atoms with Gasteiger partial charge >= 0.3 is 0 Å². The molecule has 80 valence electrons. The fourth-order valence-electron chi connectivity index (χ4n) is 3.74. The molecule has 2 nitrogen and oxygen atoms in total. The van der Waals surface area contributed by atoms with Gasteiger partial charge in [0.1, 0.15) is 0 Å². The topological polar surface area (TPSA) is 21.3 Å². The number of hydrogen-bond donors (Lipinski definition) is 1. The van der Waals surface area contributed by atoms with E-state index in [-0.39, 0.29) is 0 Å². The third-order valence-corrected chi connectivity index (χ3v) is 4.46. The van der Waals surface area contributed by atoms with Crippen LogP contribution >= 0.6 is 0 Å². The number of fused-ring (bicyclic) bond motifs is 1. The smallest absolute Gasteiger partial charge is 0.0735 e. The lowest BCUT2D eigenvalue weighted by molar-refractivity contribution is 0.0254. The van der Waals surface area contributed by atoms with Crippen molar-refractivity contribution in [1.82, 2.24) is 5.32 Å². The van der Waals surface area contributed by atoms with E-state index in [1.54, 1.807) is 0 Å². The molecule has 2 saturated heterocycles. The highest BCUT2D eigenvalue weighted by Gasteiger charge is 2.44. The Hall–Kier alpha value is -0.0800. The zero-order valence-corrected chi connectivity index (χ0v) is 9.04. The molecule has 0 spiro atoms. The maximum absolute atomic E-state index is 5.99. The standard InChI is InChI=1S/C12H21NO/c1-8-5-6-11(14-8)12-10-4-2-3-9(10)7-13-12/h8-13H,2-7H2,1H3. The summed E-state index contributed by atoms with van der Waals surface area (Å²) in [6, 6.07) is 0.687. The molecular formula is C12H21NO. The zero-order valence-electron chi connectivity index (χ0n) is 9.04. The Labute approximate surface area is 86.4 Å². The Morgan fingerprint density at radius 1 is 1.14 bits per heavy atom. The summed E-state index contributed by atoms with van der Waals surface area (Å²) in [6.45, 7) is 3.46. The van der Waals surface area contributed by atoms with Crippen molar-refractivity contribution in [2.24, 2.45) is 11.8 Å². The van der Waals surface area contributed by atoms with Crippen molar-refractivity contribution in [1.29, 1.82) is 0 Å². The highest BCUT2D eigenvalue weighted by atomic mass is 16.5. The summed E-state index contributed by atoms with van der Waals surface area (Å²) in [5, 5.41) is 3.70. The second-order valence-electron chi connectivity index (χ2n) is 5.35. The van der Waals surface area contributed by atoms with Crippen LogP contribution in [0.15, 0.2) is 0 Å². The van der Waals surface area contributed by atoms with Gasteiger partial charge in [-0.2, -0.15) is 0 Å². The van der Waals surface area contributed by atoms with Gasteiger partial charge in [-0.25, -0.2) is 0 Å². The first-order chi connectivity index (χ1) is 6.84. The molecule has 5 unspecified atom stereocenters. The Morgan fingerprint density at radius 3 is 2.86 bits per heavy atom. The molecule has 2 heteroatoms. The van der Waals surface area contributed by atoms with Crippen molar-refractivity contribution in [3.8, 4) is 0 Å². The summed E-state index contributed by atoms with van der Waals surface area (Å²) in [5.74, 6) is 1.91. The molecule has 0 aromatic heterocycles. The Kier molecular flexibility index (Phi) is 2.29. The third kappa shape index (κ3) is 1.40. The van der Waals surface area contributed by atoms with E-state index < -0.39 is 0 Å². The van der Waals surface area contributed by atoms with Crippen LogP contribution in [0, 0.1) is 11.8 Å². The molecule has 3 aliphatic rings. The molecule has 3 rings (SSSR count). The van der Waals surface area contributed by atoms with Crippen molar-refractivity contribution in [3.05, 3.63) is 0 Å². The monoisotopic (exact) mass is 195 g/mol. The van der Waals surface area contributed by atoms with Crippen LogP contribution in [0.4, 0.5) is 0 Å². The van der Waals surface area contributed by atoms with E-state index in [2.05, 4.69) is 12.2 Å². The predicted octanol–water partition coefficient (Wildman–Crippen LogP) is 1.94. The minimum absolute atomic E-state index is 0.502. The Bertz CT molecular complexity index is 218. The largest absolute Gasteiger partial charge is 0.374 e. The van der Waals surface area contributed by atoms with Gasteiger partial charge in [0.25, 0.3) is 0 Å². The van der Waals surface area contributed by atoms with Crippen LogP contribution in [-0.4, -0.2) is 24.8 Å². The second kappa shape index (κ2) is 3.49. The van der Waals surface area contributed by atoms with Gasteiger partial charge in [0.2, 0.25) is 0 Å². The highest BCUT2D eigenvalue weighted by molar-refractivity contribution is 4.99. The van der Waals surface area contributed by atoms with Gasteiger partial charge in [0.05, 0.1) is 12.2 Å². The number of rotatable bonds is 1. The summed E-state index contributed by atoms with van der Waals surface area (Å²) in [5.41, 5.74) is 0. The molecule has 0 amide bonds. The quantitative estimate of drug-likeness (QED) is 0.690. The Balaban J connectivity index is 1.67. The lowest BCUT2D eigenvalue weighted by Crippen LogP contribution is -2.39. The van der Waals surface area contributed by atoms with Gasteiger partial charge in [-0.05, 0) is 51.0 Å². The first kappa shape index (κ1) is 9.17. The molecule has 1 saturated carbocycles. The van der Waals surface area contributed by atoms with Gasteiger partial charge in [-0.15, -0.1) is 0 Å². The number of ether oxygens (including phenoxy) is 1. The Morgan fingerprint density at radius 2 is 2.07 bits per heavy atom. The molecular weight excluding hydrogens is 174 g/mol. The summed E-state index contributed by atoms with van der Waals surface area (Å²) in [7, 11) is 0. The predicted molar refractivity (Wildman–Crippen MR) is 56.2 cm³/mol. The lowest BCUT2D eigenvalue weighted by atomic mass is 9.90. The van der Waals surface area contributed by atoms with Gasteiger partial charge < -0.3 is 10.1 Å². The molecule has 1 N–H and O–H groups in total. The maximum Gasteiger partial charge on any atom is 0.0735 e. The van der Waals surface area contributed by atoms with Crippen molar-refractivity contribution >= 4 is 0 Å². The first-order valence-electron chi connectivity index (χ1n) is 6.23. The molecule has 5 atom stereocenters. The molecule has 0 radical (unpaired) electrons. The number of hydrogen-bond acceptors (Lipinski definition) is 2. The van der Waals surface area contributed by atoms with E-state index in [9.17, 15) is 0 Å². The maximum atomic E-state index is 5.99. The van der Waals surface area contributed by atoms with E-state index in [1.165, 1.54) is 38.6 Å². The lowest BCUT2D eigenvalue weighted by Gasteiger charge is -2.24. The van der Waals surface area contributed by atoms with E-state index in [1.807, 2.05) is 0 Å². The minimum Gasteiger partial charge on any atom is -0.374 e. The van der Waals surface area contributed by atoms with Crippen LogP contribution in [-0.2, 0) is 4.74 Å². The van der Waals surface area contributed by atoms with Crippen molar-refractivity contribution in [2.75, 3.05) is 6.54 Å². The van der Waals surface area contributed by atoms with Crippen LogP contribution in [0.25, 0.3) is 0 Å². The van der Waals surface area contributed by atoms with Gasteiger partial charge in [0, 0.05) is 6.04 Å². The van der Waals surface area contributed by atoms with Crippen LogP contribution in [0.2, 0.25) is 0 Å². The van der Waals surface area contributed by atoms with E-state index >= 15 is 0 Å². The molecule has 14 heavy (non-hydrogen) atoms. The number of nitrogens with one attached hydrogen (secondary N) is 1. The van der Waals surface area contributed by atoms with Crippen molar-refractivity contribution in [3.63, 3.8) is 0 Å². The average molecular weight is 195 g/mol. The molecule has 0 bridgehead atoms. The molecule has 0 aromatic carbocycles. The van der Waals surface area contributed by atoms with Crippen molar-refractivity contribution in [2.45, 2.75) is 57.3 Å². The van der Waals surface area contributed by atoms with Crippen LogP contribution in [0.5, 0.6) is 0 Å². The summed E-state index contributed by atoms with van der Waals surface area (Å²) in [6.07, 6.45) is 7.92. The van der Waals surface area contributed by atoms with E-state index in [0.29, 0.717) is 18.2 Å². The van der Waals surface area contributed by atoms with E-state index in [4.69, 9.17) is 4.74 Å². The second-order valence-corrected chi connectivity index (χ2v) is 5.35. The fourth-order valence-corrected chi connectivity index (χ4v) is 3.74. The van der Waals surface area contributed by atoms with Crippen LogP contribution in [0.3, 0.4) is 0 Å². The first-order valence-corrected chi connectivity index (χ1v) is 6.23. The summed E-state index contributed by atoms with van der Waals surface area (Å²) in [4.78, 5) is 0.